The average Bonchev–Trinajstić information content (AvgIpc) is 3.03. The Kier molecular flexibility index (Phi) is 8.56. The van der Waals surface area contributed by atoms with E-state index in [2.05, 4.69) is 0 Å². The van der Waals surface area contributed by atoms with Crippen LogP contribution in [0.1, 0.15) is 56.9 Å². The van der Waals surface area contributed by atoms with Gasteiger partial charge in [0.2, 0.25) is 0 Å². The Hall–Kier alpha value is -5.38. The van der Waals surface area contributed by atoms with Gasteiger partial charge < -0.3 is 9.64 Å². The van der Waals surface area contributed by atoms with Gasteiger partial charge in [-0.05, 0) is 53.3 Å². The summed E-state index contributed by atoms with van der Waals surface area (Å²) in [6.45, 7) is 2.67. The first-order chi connectivity index (χ1) is 20.8. The first-order valence-electron chi connectivity index (χ1n) is 13.9. The number of ether oxygens (including phenoxy) is 1. The minimum atomic E-state index is -0.728. The summed E-state index contributed by atoms with van der Waals surface area (Å²) in [5, 5.41) is 22.4. The molecule has 43 heavy (non-hydrogen) atoms. The monoisotopic (exact) mass is 579 g/mol. The van der Waals surface area contributed by atoms with E-state index < -0.39 is 27.7 Å². The Balaban J connectivity index is 1.56. The number of non-ortho nitro benzene ring substituents is 2. The van der Waals surface area contributed by atoms with Gasteiger partial charge >= 0.3 is 5.97 Å². The Morgan fingerprint density at radius 2 is 1.44 bits per heavy atom. The van der Waals surface area contributed by atoms with E-state index in [4.69, 9.17) is 4.74 Å². The van der Waals surface area contributed by atoms with E-state index >= 15 is 0 Å². The first-order valence-corrected chi connectivity index (χ1v) is 13.9. The van der Waals surface area contributed by atoms with Gasteiger partial charge in [0.05, 0.1) is 22.4 Å². The van der Waals surface area contributed by atoms with E-state index in [1.54, 1.807) is 24.0 Å². The lowest BCUT2D eigenvalue weighted by Crippen LogP contribution is -2.37. The van der Waals surface area contributed by atoms with Gasteiger partial charge in [0.25, 0.3) is 17.3 Å². The van der Waals surface area contributed by atoms with Crippen molar-refractivity contribution < 1.29 is 24.2 Å². The fraction of sp³-hybridized carbons (Fsp3) is 0.212. The predicted molar refractivity (Wildman–Crippen MR) is 159 cm³/mol. The Labute approximate surface area is 247 Å². The van der Waals surface area contributed by atoms with Crippen molar-refractivity contribution in [1.82, 2.24) is 4.90 Å². The van der Waals surface area contributed by atoms with Gasteiger partial charge in [-0.3, -0.25) is 29.8 Å². The zero-order chi connectivity index (χ0) is 30.5. The number of amides is 1. The summed E-state index contributed by atoms with van der Waals surface area (Å²) in [5.41, 5.74) is 4.52. The van der Waals surface area contributed by atoms with Crippen molar-refractivity contribution in [2.75, 3.05) is 13.2 Å². The second-order valence-corrected chi connectivity index (χ2v) is 10.2. The maximum absolute atomic E-state index is 13.6. The molecule has 0 aliphatic carbocycles. The van der Waals surface area contributed by atoms with Crippen molar-refractivity contribution in [3.05, 3.63) is 151 Å². The Morgan fingerprint density at radius 1 is 0.814 bits per heavy atom. The number of rotatable bonds is 9. The Morgan fingerprint density at radius 3 is 2.05 bits per heavy atom. The van der Waals surface area contributed by atoms with Gasteiger partial charge in [0.1, 0.15) is 0 Å². The van der Waals surface area contributed by atoms with Crippen molar-refractivity contribution in [2.24, 2.45) is 0 Å². The molecule has 1 amide bonds. The summed E-state index contributed by atoms with van der Waals surface area (Å²) in [7, 11) is 0. The van der Waals surface area contributed by atoms with E-state index in [0.29, 0.717) is 25.1 Å². The van der Waals surface area contributed by atoms with Crippen LogP contribution in [0.2, 0.25) is 0 Å². The van der Waals surface area contributed by atoms with Gasteiger partial charge in [-0.15, -0.1) is 0 Å². The molecule has 0 aromatic heterocycles. The minimum absolute atomic E-state index is 0.0506. The molecule has 2 atom stereocenters. The highest BCUT2D eigenvalue weighted by molar-refractivity contribution is 5.94. The normalized spacial score (nSPS) is 13.8. The standard InChI is InChI=1S/C33H29N3O7/c1-2-43-33(38)31(22-7-4-3-5-8-22)30(23-11-15-26(16-12-23)35(39)40)29-10-6-9-25-21-34(20-19-28(25)29)32(37)24-13-17-27(18-14-24)36(41)42/h3-18,30-31H,2,19-21H2,1H3. The summed E-state index contributed by atoms with van der Waals surface area (Å²) in [5.74, 6) is -1.88. The van der Waals surface area contributed by atoms with Gasteiger partial charge in [-0.1, -0.05) is 60.7 Å². The summed E-state index contributed by atoms with van der Waals surface area (Å²) < 4.78 is 5.57. The molecule has 218 valence electrons. The van der Waals surface area contributed by atoms with Crippen LogP contribution >= 0.6 is 0 Å². The highest BCUT2D eigenvalue weighted by atomic mass is 16.6. The molecule has 10 heteroatoms. The molecule has 0 N–H and O–H groups in total. The molecule has 5 rings (SSSR count). The molecule has 0 fully saturated rings. The highest BCUT2D eigenvalue weighted by Crippen LogP contribution is 2.43. The summed E-state index contributed by atoms with van der Waals surface area (Å²) in [6.07, 6.45) is 0.512. The molecule has 1 aliphatic rings. The fourth-order valence-corrected chi connectivity index (χ4v) is 5.72. The molecule has 0 radical (unpaired) electrons. The van der Waals surface area contributed by atoms with Crippen molar-refractivity contribution in [1.29, 1.82) is 0 Å². The molecule has 0 spiro atoms. The van der Waals surface area contributed by atoms with E-state index in [1.807, 2.05) is 48.5 Å². The van der Waals surface area contributed by atoms with Crippen LogP contribution in [0.4, 0.5) is 11.4 Å². The molecule has 4 aromatic rings. The van der Waals surface area contributed by atoms with Crippen molar-refractivity contribution in [3.63, 3.8) is 0 Å². The number of fused-ring (bicyclic) bond motifs is 1. The van der Waals surface area contributed by atoms with Gasteiger partial charge in [0, 0.05) is 48.8 Å². The third-order valence-corrected chi connectivity index (χ3v) is 7.75. The fourth-order valence-electron chi connectivity index (χ4n) is 5.72. The number of nitro benzene ring substituents is 2. The van der Waals surface area contributed by atoms with Crippen LogP contribution in [0.15, 0.2) is 97.1 Å². The number of benzene rings is 4. The van der Waals surface area contributed by atoms with Crippen LogP contribution in [0.25, 0.3) is 0 Å². The molecule has 0 saturated heterocycles. The molecule has 1 aliphatic heterocycles. The SMILES string of the molecule is CCOC(=O)C(c1ccccc1)C(c1ccc([N+](=O)[O-])cc1)c1cccc2c1CCN(C(=O)c1ccc([N+](=O)[O-])cc1)C2. The highest BCUT2D eigenvalue weighted by Gasteiger charge is 2.36. The quantitative estimate of drug-likeness (QED) is 0.131. The van der Waals surface area contributed by atoms with Crippen LogP contribution < -0.4 is 0 Å². The van der Waals surface area contributed by atoms with Crippen LogP contribution in [0, 0.1) is 20.2 Å². The van der Waals surface area contributed by atoms with E-state index in [1.165, 1.54) is 36.4 Å². The Bertz CT molecular complexity index is 1650. The maximum Gasteiger partial charge on any atom is 0.314 e. The molecule has 10 nitrogen and oxygen atoms in total. The predicted octanol–water partition coefficient (Wildman–Crippen LogP) is 6.18. The minimum Gasteiger partial charge on any atom is -0.465 e. The lowest BCUT2D eigenvalue weighted by Gasteiger charge is -2.34. The van der Waals surface area contributed by atoms with Crippen molar-refractivity contribution in [2.45, 2.75) is 31.7 Å². The van der Waals surface area contributed by atoms with Crippen LogP contribution in [-0.4, -0.2) is 39.8 Å². The lowest BCUT2D eigenvalue weighted by molar-refractivity contribution is -0.385. The second kappa shape index (κ2) is 12.6. The number of nitro groups is 2. The van der Waals surface area contributed by atoms with E-state index in [0.717, 1.165) is 27.8 Å². The van der Waals surface area contributed by atoms with Gasteiger partial charge in [-0.25, -0.2) is 0 Å². The molecule has 2 unspecified atom stereocenters. The topological polar surface area (TPSA) is 133 Å². The maximum atomic E-state index is 13.6. The summed E-state index contributed by atoms with van der Waals surface area (Å²) in [4.78, 5) is 50.1. The number of carbonyl (C=O) groups excluding carboxylic acids is 2. The number of nitrogens with zero attached hydrogens (tertiary/aromatic N) is 3. The number of esters is 1. The van der Waals surface area contributed by atoms with Crippen LogP contribution in [-0.2, 0) is 22.5 Å². The molecule has 0 saturated carbocycles. The zero-order valence-electron chi connectivity index (χ0n) is 23.4. The summed E-state index contributed by atoms with van der Waals surface area (Å²) in [6, 6.07) is 26.9. The van der Waals surface area contributed by atoms with Crippen molar-refractivity contribution >= 4 is 23.3 Å². The van der Waals surface area contributed by atoms with Crippen LogP contribution in [0.3, 0.4) is 0 Å². The average molecular weight is 580 g/mol. The van der Waals surface area contributed by atoms with E-state index in [-0.39, 0.29) is 23.9 Å². The molecular formula is C33H29N3O7. The second-order valence-electron chi connectivity index (χ2n) is 10.2. The molecule has 4 aromatic carbocycles. The van der Waals surface area contributed by atoms with Crippen LogP contribution in [0.5, 0.6) is 0 Å². The van der Waals surface area contributed by atoms with Gasteiger partial charge in [0.15, 0.2) is 0 Å². The molecule has 0 bridgehead atoms. The third kappa shape index (κ3) is 6.13. The smallest absolute Gasteiger partial charge is 0.314 e. The first kappa shape index (κ1) is 29.1. The molecule has 1 heterocycles. The lowest BCUT2D eigenvalue weighted by atomic mass is 9.74. The number of hydrogen-bond acceptors (Lipinski definition) is 7. The summed E-state index contributed by atoms with van der Waals surface area (Å²) >= 11 is 0. The molecular weight excluding hydrogens is 550 g/mol. The third-order valence-electron chi connectivity index (χ3n) is 7.75. The van der Waals surface area contributed by atoms with Gasteiger partial charge in [-0.2, -0.15) is 0 Å². The number of hydrogen-bond donors (Lipinski definition) is 0. The number of carbonyl (C=O) groups is 2. The zero-order valence-corrected chi connectivity index (χ0v) is 23.4. The van der Waals surface area contributed by atoms with Crippen molar-refractivity contribution in [3.8, 4) is 0 Å². The van der Waals surface area contributed by atoms with E-state index in [9.17, 15) is 29.8 Å². The largest absolute Gasteiger partial charge is 0.465 e.